The Hall–Kier alpha value is -3.61. The lowest BCUT2D eigenvalue weighted by Crippen LogP contribution is -2.41. The fraction of sp³-hybridized carbons (Fsp3) is 0.261. The molecule has 0 unspecified atom stereocenters. The molecule has 0 aliphatic rings. The molecule has 156 valence electrons. The number of hydrazine groups is 1. The summed E-state index contributed by atoms with van der Waals surface area (Å²) in [5.74, 6) is 0.634. The summed E-state index contributed by atoms with van der Waals surface area (Å²) in [7, 11) is 1.52. The molecule has 0 aliphatic heterocycles. The number of carbonyl (C=O) groups is 2. The zero-order valence-corrected chi connectivity index (χ0v) is 17.3. The second-order valence-corrected chi connectivity index (χ2v) is 7.19. The molecule has 0 fully saturated rings. The summed E-state index contributed by atoms with van der Waals surface area (Å²) in [6.45, 7) is 4.81. The Balaban J connectivity index is 1.66. The number of amides is 2. The molecule has 2 aromatic carbocycles. The first kappa shape index (κ1) is 21.1. The molecule has 0 saturated heterocycles. The number of nitrogens with zero attached hydrogens (tertiary/aromatic N) is 1. The molecule has 0 bridgehead atoms. The van der Waals surface area contributed by atoms with Gasteiger partial charge in [0, 0.05) is 17.1 Å². The van der Waals surface area contributed by atoms with Crippen LogP contribution in [0.4, 0.5) is 0 Å². The van der Waals surface area contributed by atoms with E-state index >= 15 is 0 Å². The molecule has 2 N–H and O–H groups in total. The lowest BCUT2D eigenvalue weighted by molar-refractivity contribution is 0.0847. The first-order valence-corrected chi connectivity index (χ1v) is 9.75. The van der Waals surface area contributed by atoms with E-state index in [2.05, 4.69) is 29.7 Å². The van der Waals surface area contributed by atoms with Gasteiger partial charge in [0.25, 0.3) is 11.8 Å². The van der Waals surface area contributed by atoms with Gasteiger partial charge in [-0.15, -0.1) is 0 Å². The molecule has 0 aliphatic carbocycles. The Labute approximate surface area is 175 Å². The molecule has 7 nitrogen and oxygen atoms in total. The SMILES string of the molecule is COc1cc(C(=O)NNC(=O)c2cccc3cccnc23)ccc1OCCC(C)C. The van der Waals surface area contributed by atoms with E-state index in [1.54, 1.807) is 42.6 Å². The van der Waals surface area contributed by atoms with Crippen molar-refractivity contribution in [2.24, 2.45) is 5.92 Å². The van der Waals surface area contributed by atoms with Crippen molar-refractivity contribution in [3.63, 3.8) is 0 Å². The second-order valence-electron chi connectivity index (χ2n) is 7.19. The topological polar surface area (TPSA) is 89.6 Å². The predicted molar refractivity (Wildman–Crippen MR) is 115 cm³/mol. The van der Waals surface area contributed by atoms with Crippen molar-refractivity contribution in [1.29, 1.82) is 0 Å². The third-order valence-electron chi connectivity index (χ3n) is 4.55. The van der Waals surface area contributed by atoms with E-state index in [-0.39, 0.29) is 0 Å². The number of hydrogen-bond donors (Lipinski definition) is 2. The van der Waals surface area contributed by atoms with Crippen LogP contribution >= 0.6 is 0 Å². The molecular formula is C23H25N3O4. The fourth-order valence-electron chi connectivity index (χ4n) is 2.87. The van der Waals surface area contributed by atoms with Crippen LogP contribution in [0.1, 0.15) is 41.0 Å². The van der Waals surface area contributed by atoms with Crippen molar-refractivity contribution in [3.05, 3.63) is 65.9 Å². The quantitative estimate of drug-likeness (QED) is 0.583. The Morgan fingerprint density at radius 2 is 1.77 bits per heavy atom. The smallest absolute Gasteiger partial charge is 0.271 e. The third-order valence-corrected chi connectivity index (χ3v) is 4.55. The monoisotopic (exact) mass is 407 g/mol. The first-order chi connectivity index (χ1) is 14.5. The summed E-state index contributed by atoms with van der Waals surface area (Å²) in [5, 5.41) is 0.842. The van der Waals surface area contributed by atoms with Crippen LogP contribution in [0.2, 0.25) is 0 Å². The van der Waals surface area contributed by atoms with E-state index in [1.165, 1.54) is 7.11 Å². The van der Waals surface area contributed by atoms with Crippen LogP contribution < -0.4 is 20.3 Å². The van der Waals surface area contributed by atoms with Crippen LogP contribution in [0.3, 0.4) is 0 Å². The van der Waals surface area contributed by atoms with Gasteiger partial charge in [0.15, 0.2) is 11.5 Å². The van der Waals surface area contributed by atoms with Crippen molar-refractivity contribution in [2.75, 3.05) is 13.7 Å². The molecule has 0 radical (unpaired) electrons. The van der Waals surface area contributed by atoms with Gasteiger partial charge in [-0.2, -0.15) is 0 Å². The van der Waals surface area contributed by atoms with E-state index < -0.39 is 11.8 Å². The number of hydrogen-bond acceptors (Lipinski definition) is 5. The van der Waals surface area contributed by atoms with Gasteiger partial charge in [-0.05, 0) is 42.7 Å². The van der Waals surface area contributed by atoms with Crippen LogP contribution in [-0.2, 0) is 0 Å². The molecular weight excluding hydrogens is 382 g/mol. The van der Waals surface area contributed by atoms with Crippen molar-refractivity contribution in [2.45, 2.75) is 20.3 Å². The molecule has 3 rings (SSSR count). The molecule has 30 heavy (non-hydrogen) atoms. The fourth-order valence-corrected chi connectivity index (χ4v) is 2.87. The number of carbonyl (C=O) groups excluding carboxylic acids is 2. The maximum Gasteiger partial charge on any atom is 0.271 e. The van der Waals surface area contributed by atoms with Crippen molar-refractivity contribution in [3.8, 4) is 11.5 Å². The minimum atomic E-state index is -0.469. The molecule has 7 heteroatoms. The van der Waals surface area contributed by atoms with Crippen molar-refractivity contribution >= 4 is 22.7 Å². The number of fused-ring (bicyclic) bond motifs is 1. The van der Waals surface area contributed by atoms with Crippen LogP contribution in [0.15, 0.2) is 54.7 Å². The summed E-state index contributed by atoms with van der Waals surface area (Å²) in [6.07, 6.45) is 2.54. The van der Waals surface area contributed by atoms with Crippen molar-refractivity contribution in [1.82, 2.24) is 15.8 Å². The van der Waals surface area contributed by atoms with Crippen LogP contribution in [0.25, 0.3) is 10.9 Å². The highest BCUT2D eigenvalue weighted by Crippen LogP contribution is 2.28. The largest absolute Gasteiger partial charge is 0.493 e. The maximum absolute atomic E-state index is 12.5. The van der Waals surface area contributed by atoms with Gasteiger partial charge in [0.2, 0.25) is 0 Å². The van der Waals surface area contributed by atoms with Gasteiger partial charge in [-0.3, -0.25) is 25.4 Å². The minimum absolute atomic E-state index is 0.333. The molecule has 3 aromatic rings. The lowest BCUT2D eigenvalue weighted by atomic mass is 10.1. The van der Waals surface area contributed by atoms with Gasteiger partial charge in [-0.25, -0.2) is 0 Å². The highest BCUT2D eigenvalue weighted by Gasteiger charge is 2.14. The minimum Gasteiger partial charge on any atom is -0.493 e. The number of pyridine rings is 1. The molecule has 2 amide bonds. The predicted octanol–water partition coefficient (Wildman–Crippen LogP) is 3.74. The average Bonchev–Trinajstić information content (AvgIpc) is 2.76. The summed E-state index contributed by atoms with van der Waals surface area (Å²) in [4.78, 5) is 29.3. The number of aromatic nitrogens is 1. The van der Waals surface area contributed by atoms with Gasteiger partial charge in [-0.1, -0.05) is 32.0 Å². The Morgan fingerprint density at radius 1 is 1.00 bits per heavy atom. The first-order valence-electron chi connectivity index (χ1n) is 9.75. The van der Waals surface area contributed by atoms with Crippen LogP contribution in [-0.4, -0.2) is 30.5 Å². The van der Waals surface area contributed by atoms with Gasteiger partial charge >= 0.3 is 0 Å². The van der Waals surface area contributed by atoms with Gasteiger partial charge < -0.3 is 9.47 Å². The third kappa shape index (κ3) is 5.05. The lowest BCUT2D eigenvalue weighted by Gasteiger charge is -2.13. The van der Waals surface area contributed by atoms with E-state index in [1.807, 2.05) is 12.1 Å². The number of methoxy groups -OCH3 is 1. The summed E-state index contributed by atoms with van der Waals surface area (Å²) in [6, 6.07) is 13.8. The average molecular weight is 407 g/mol. The van der Waals surface area contributed by atoms with Crippen LogP contribution in [0.5, 0.6) is 11.5 Å². The van der Waals surface area contributed by atoms with Crippen molar-refractivity contribution < 1.29 is 19.1 Å². The standard InChI is InChI=1S/C23H25N3O4/c1-15(2)11-13-30-19-10-9-17(14-20(19)29-3)22(27)25-26-23(28)18-8-4-6-16-7-5-12-24-21(16)18/h4-10,12,14-15H,11,13H2,1-3H3,(H,25,27)(H,26,28). The number of benzene rings is 2. The van der Waals surface area contributed by atoms with E-state index in [0.717, 1.165) is 11.8 Å². The van der Waals surface area contributed by atoms with E-state index in [9.17, 15) is 9.59 Å². The van der Waals surface area contributed by atoms with Gasteiger partial charge in [0.05, 0.1) is 24.8 Å². The number of rotatable bonds is 7. The summed E-state index contributed by atoms with van der Waals surface area (Å²) >= 11 is 0. The Kier molecular flexibility index (Phi) is 6.85. The maximum atomic E-state index is 12.5. The molecule has 0 spiro atoms. The number of para-hydroxylation sites is 1. The summed E-state index contributed by atoms with van der Waals surface area (Å²) < 4.78 is 11.1. The van der Waals surface area contributed by atoms with E-state index in [0.29, 0.717) is 40.7 Å². The zero-order valence-electron chi connectivity index (χ0n) is 17.3. The highest BCUT2D eigenvalue weighted by molar-refractivity contribution is 6.06. The van der Waals surface area contributed by atoms with Crippen LogP contribution in [0, 0.1) is 5.92 Å². The Bertz CT molecular complexity index is 1040. The molecule has 0 atom stereocenters. The molecule has 0 saturated carbocycles. The number of nitrogens with one attached hydrogen (secondary N) is 2. The normalized spacial score (nSPS) is 10.7. The molecule has 1 heterocycles. The summed E-state index contributed by atoms with van der Waals surface area (Å²) in [5.41, 5.74) is 6.14. The second kappa shape index (κ2) is 9.73. The van der Waals surface area contributed by atoms with Gasteiger partial charge in [0.1, 0.15) is 0 Å². The van der Waals surface area contributed by atoms with E-state index in [4.69, 9.17) is 9.47 Å². The Morgan fingerprint density at radius 3 is 2.53 bits per heavy atom. The zero-order chi connectivity index (χ0) is 21.5. The highest BCUT2D eigenvalue weighted by atomic mass is 16.5. The molecule has 1 aromatic heterocycles. The number of ether oxygens (including phenoxy) is 2.